The molecule has 0 aromatic heterocycles. The monoisotopic (exact) mass is 518 g/mol. The zero-order valence-electron chi connectivity index (χ0n) is 20.0. The summed E-state index contributed by atoms with van der Waals surface area (Å²) in [7, 11) is 0. The Kier molecular flexibility index (Phi) is 8.45. The van der Waals surface area contributed by atoms with E-state index in [2.05, 4.69) is 10.6 Å². The van der Waals surface area contributed by atoms with Gasteiger partial charge in [-0.2, -0.15) is 13.2 Å². The lowest BCUT2D eigenvalue weighted by Gasteiger charge is -2.28. The number of amides is 2. The SMILES string of the molecule is CCSc1ccc(CC(=O)Nc2ccc(C(C)(C)C(=O)Nc3ccc(F)cc3)c(C(F)(F)F)c2)cc1. The second-order valence-corrected chi connectivity index (χ2v) is 9.98. The summed E-state index contributed by atoms with van der Waals surface area (Å²) in [6.45, 7) is 4.77. The van der Waals surface area contributed by atoms with E-state index >= 15 is 0 Å². The van der Waals surface area contributed by atoms with E-state index in [-0.39, 0.29) is 23.4 Å². The molecule has 2 N–H and O–H groups in total. The Morgan fingerprint density at radius 2 is 1.44 bits per heavy atom. The van der Waals surface area contributed by atoms with E-state index in [9.17, 15) is 27.2 Å². The Labute approximate surface area is 211 Å². The maximum Gasteiger partial charge on any atom is 0.416 e. The Hall–Kier alpha value is -3.33. The maximum absolute atomic E-state index is 14.0. The van der Waals surface area contributed by atoms with Crippen molar-refractivity contribution in [2.45, 2.75) is 43.7 Å². The summed E-state index contributed by atoms with van der Waals surface area (Å²) in [4.78, 5) is 26.4. The summed E-state index contributed by atoms with van der Waals surface area (Å²) in [5.41, 5.74) is -1.89. The third kappa shape index (κ3) is 6.87. The number of rotatable bonds is 8. The van der Waals surface area contributed by atoms with E-state index in [0.29, 0.717) is 0 Å². The summed E-state index contributed by atoms with van der Waals surface area (Å²) in [5, 5.41) is 5.04. The number of hydrogen-bond donors (Lipinski definition) is 2. The van der Waals surface area contributed by atoms with Gasteiger partial charge in [0.15, 0.2) is 0 Å². The van der Waals surface area contributed by atoms with Crippen LogP contribution in [0.2, 0.25) is 0 Å². The number of carbonyl (C=O) groups is 2. The molecule has 3 rings (SSSR count). The third-order valence-electron chi connectivity index (χ3n) is 5.55. The van der Waals surface area contributed by atoms with Gasteiger partial charge in [0, 0.05) is 16.3 Å². The molecule has 0 heterocycles. The third-order valence-corrected chi connectivity index (χ3v) is 6.45. The van der Waals surface area contributed by atoms with Crippen LogP contribution in [0.3, 0.4) is 0 Å². The van der Waals surface area contributed by atoms with E-state index < -0.39 is 34.8 Å². The number of nitrogens with one attached hydrogen (secondary N) is 2. The van der Waals surface area contributed by atoms with Crippen molar-refractivity contribution in [2.24, 2.45) is 0 Å². The molecule has 0 spiro atoms. The summed E-state index contributed by atoms with van der Waals surface area (Å²) in [5.74, 6) is -0.736. The van der Waals surface area contributed by atoms with Crippen molar-refractivity contribution >= 4 is 35.0 Å². The van der Waals surface area contributed by atoms with Crippen LogP contribution < -0.4 is 10.6 Å². The Balaban J connectivity index is 1.80. The fourth-order valence-electron chi connectivity index (χ4n) is 3.61. The van der Waals surface area contributed by atoms with Crippen LogP contribution in [0, 0.1) is 5.82 Å². The molecule has 0 unspecified atom stereocenters. The first-order valence-corrected chi connectivity index (χ1v) is 12.2. The predicted octanol–water partition coefficient (Wildman–Crippen LogP) is 7.05. The highest BCUT2D eigenvalue weighted by atomic mass is 32.2. The van der Waals surface area contributed by atoms with E-state index in [1.807, 2.05) is 31.2 Å². The molecule has 36 heavy (non-hydrogen) atoms. The molecule has 0 radical (unpaired) electrons. The van der Waals surface area contributed by atoms with E-state index in [1.165, 1.54) is 38.1 Å². The van der Waals surface area contributed by atoms with Gasteiger partial charge in [-0.1, -0.05) is 25.1 Å². The molecule has 0 atom stereocenters. The van der Waals surface area contributed by atoms with E-state index in [0.717, 1.165) is 34.4 Å². The van der Waals surface area contributed by atoms with Gasteiger partial charge < -0.3 is 10.6 Å². The van der Waals surface area contributed by atoms with Crippen molar-refractivity contribution in [2.75, 3.05) is 16.4 Å². The van der Waals surface area contributed by atoms with Crippen LogP contribution in [-0.4, -0.2) is 17.6 Å². The molecule has 0 aliphatic rings. The minimum atomic E-state index is -4.77. The molecule has 3 aromatic rings. The number of alkyl halides is 3. The van der Waals surface area contributed by atoms with Crippen LogP contribution in [0.4, 0.5) is 28.9 Å². The van der Waals surface area contributed by atoms with Crippen LogP contribution in [0.15, 0.2) is 71.6 Å². The summed E-state index contributed by atoms with van der Waals surface area (Å²) >= 11 is 1.66. The molecule has 3 aromatic carbocycles. The second-order valence-electron chi connectivity index (χ2n) is 8.65. The highest BCUT2D eigenvalue weighted by molar-refractivity contribution is 7.99. The number of halogens is 4. The molecule has 190 valence electrons. The van der Waals surface area contributed by atoms with Crippen molar-refractivity contribution in [3.05, 3.63) is 89.2 Å². The molecular formula is C27H26F4N2O2S. The number of hydrogen-bond acceptors (Lipinski definition) is 3. The van der Waals surface area contributed by atoms with Gasteiger partial charge in [-0.25, -0.2) is 4.39 Å². The molecule has 0 saturated carbocycles. The van der Waals surface area contributed by atoms with Gasteiger partial charge in [-0.15, -0.1) is 11.8 Å². The fourth-order valence-corrected chi connectivity index (χ4v) is 4.27. The van der Waals surface area contributed by atoms with Gasteiger partial charge >= 0.3 is 6.18 Å². The molecule has 0 saturated heterocycles. The molecule has 0 bridgehead atoms. The summed E-state index contributed by atoms with van der Waals surface area (Å²) in [6, 6.07) is 15.7. The lowest BCUT2D eigenvalue weighted by atomic mass is 9.80. The summed E-state index contributed by atoms with van der Waals surface area (Å²) in [6.07, 6.45) is -4.76. The van der Waals surface area contributed by atoms with Crippen LogP contribution >= 0.6 is 11.8 Å². The Morgan fingerprint density at radius 3 is 2.03 bits per heavy atom. The van der Waals surface area contributed by atoms with Crippen molar-refractivity contribution < 1.29 is 27.2 Å². The van der Waals surface area contributed by atoms with Gasteiger partial charge in [0.2, 0.25) is 11.8 Å². The Morgan fingerprint density at radius 1 is 0.833 bits per heavy atom. The molecule has 0 aliphatic carbocycles. The number of anilines is 2. The van der Waals surface area contributed by atoms with E-state index in [1.54, 1.807) is 11.8 Å². The van der Waals surface area contributed by atoms with Gasteiger partial charge in [-0.3, -0.25) is 9.59 Å². The number of benzene rings is 3. The minimum absolute atomic E-state index is 0.00570. The molecule has 4 nitrogen and oxygen atoms in total. The lowest BCUT2D eigenvalue weighted by Crippen LogP contribution is -2.36. The first kappa shape index (κ1) is 27.3. The van der Waals surface area contributed by atoms with Crippen LogP contribution in [0.1, 0.15) is 37.5 Å². The zero-order valence-corrected chi connectivity index (χ0v) is 20.8. The molecule has 9 heteroatoms. The van der Waals surface area contributed by atoms with Crippen molar-refractivity contribution in [3.8, 4) is 0 Å². The second kappa shape index (κ2) is 11.2. The quantitative estimate of drug-likeness (QED) is 0.248. The standard InChI is InChI=1S/C27H26F4N2O2S/c1-4-36-21-12-5-17(6-13-21)15-24(34)32-20-11-14-22(23(16-20)27(29,30)31)26(2,3)25(35)33-19-9-7-18(28)8-10-19/h5-14,16H,4,15H2,1-3H3,(H,32,34)(H,33,35). The first-order valence-electron chi connectivity index (χ1n) is 11.2. The van der Waals surface area contributed by atoms with Crippen molar-refractivity contribution in [1.29, 1.82) is 0 Å². The van der Waals surface area contributed by atoms with Gasteiger partial charge in [0.05, 0.1) is 17.4 Å². The fraction of sp³-hybridized carbons (Fsp3) is 0.259. The molecule has 2 amide bonds. The predicted molar refractivity (Wildman–Crippen MR) is 135 cm³/mol. The first-order chi connectivity index (χ1) is 16.9. The molecular weight excluding hydrogens is 492 g/mol. The molecule has 0 aliphatic heterocycles. The average Bonchev–Trinajstić information content (AvgIpc) is 2.81. The van der Waals surface area contributed by atoms with Crippen molar-refractivity contribution in [3.63, 3.8) is 0 Å². The maximum atomic E-state index is 14.0. The Bertz CT molecular complexity index is 1220. The number of carbonyl (C=O) groups excluding carboxylic acids is 2. The van der Waals surface area contributed by atoms with Crippen LogP contribution in [0.5, 0.6) is 0 Å². The summed E-state index contributed by atoms with van der Waals surface area (Å²) < 4.78 is 55.1. The average molecular weight is 519 g/mol. The normalized spacial score (nSPS) is 11.8. The highest BCUT2D eigenvalue weighted by Gasteiger charge is 2.41. The smallest absolute Gasteiger partial charge is 0.326 e. The lowest BCUT2D eigenvalue weighted by molar-refractivity contribution is -0.139. The van der Waals surface area contributed by atoms with E-state index in [4.69, 9.17) is 0 Å². The largest absolute Gasteiger partial charge is 0.416 e. The number of thioether (sulfide) groups is 1. The van der Waals surface area contributed by atoms with Crippen LogP contribution in [0.25, 0.3) is 0 Å². The minimum Gasteiger partial charge on any atom is -0.326 e. The van der Waals surface area contributed by atoms with Gasteiger partial charge in [-0.05, 0) is 79.3 Å². The van der Waals surface area contributed by atoms with Gasteiger partial charge in [0.1, 0.15) is 5.82 Å². The molecule has 0 fully saturated rings. The van der Waals surface area contributed by atoms with Crippen LogP contribution in [-0.2, 0) is 27.6 Å². The topological polar surface area (TPSA) is 58.2 Å². The van der Waals surface area contributed by atoms with Gasteiger partial charge in [0.25, 0.3) is 0 Å². The zero-order chi connectivity index (χ0) is 26.5. The highest BCUT2D eigenvalue weighted by Crippen LogP contribution is 2.39. The van der Waals surface area contributed by atoms with Crippen molar-refractivity contribution in [1.82, 2.24) is 0 Å².